The first-order valence-electron chi connectivity index (χ1n) is 4.30. The van der Waals surface area contributed by atoms with Crippen LogP contribution in [0.4, 0.5) is 0 Å². The van der Waals surface area contributed by atoms with Gasteiger partial charge < -0.3 is 10.8 Å². The summed E-state index contributed by atoms with van der Waals surface area (Å²) in [5, 5.41) is 8.50. The van der Waals surface area contributed by atoms with Gasteiger partial charge in [0.25, 0.3) is 0 Å². The van der Waals surface area contributed by atoms with Crippen molar-refractivity contribution in [3.05, 3.63) is 29.8 Å². The van der Waals surface area contributed by atoms with E-state index in [9.17, 15) is 9.59 Å². The highest BCUT2D eigenvalue weighted by Crippen LogP contribution is 2.16. The molecule has 1 aromatic rings. The Labute approximate surface area is 91.5 Å². The lowest BCUT2D eigenvalue weighted by molar-refractivity contribution is -0.117. The molecule has 0 bridgehead atoms. The summed E-state index contributed by atoms with van der Waals surface area (Å²) in [4.78, 5) is 21.2. The Balaban J connectivity index is 2.69. The van der Waals surface area contributed by atoms with Gasteiger partial charge in [-0.15, -0.1) is 0 Å². The maximum Gasteiger partial charge on any atom is 0.231 e. The van der Waals surface area contributed by atoms with Crippen molar-refractivity contribution in [1.82, 2.24) is 0 Å². The van der Waals surface area contributed by atoms with Gasteiger partial charge in [0.2, 0.25) is 5.91 Å². The highest BCUT2D eigenvalue weighted by atomic mass is 32.2. The molecule has 0 saturated heterocycles. The smallest absolute Gasteiger partial charge is 0.231 e. The number of phenols is 1. The van der Waals surface area contributed by atoms with Crippen LogP contribution < -0.4 is 5.73 Å². The van der Waals surface area contributed by atoms with Crippen LogP contribution in [0.3, 0.4) is 0 Å². The van der Waals surface area contributed by atoms with Crippen LogP contribution in [0.5, 0.6) is 5.75 Å². The second kappa shape index (κ2) is 5.41. The number of benzene rings is 1. The topological polar surface area (TPSA) is 80.4 Å². The van der Waals surface area contributed by atoms with Gasteiger partial charge >= 0.3 is 0 Å². The van der Waals surface area contributed by atoms with E-state index in [1.54, 1.807) is 12.1 Å². The second-order valence-electron chi connectivity index (χ2n) is 2.99. The number of thioether (sulfide) groups is 1. The maximum atomic E-state index is 11.0. The van der Waals surface area contributed by atoms with E-state index in [2.05, 4.69) is 0 Å². The van der Waals surface area contributed by atoms with Crippen LogP contribution in [0.2, 0.25) is 0 Å². The fraction of sp³-hybridized carbons (Fsp3) is 0.200. The van der Waals surface area contributed by atoms with Gasteiger partial charge in [-0.05, 0) is 24.1 Å². The first-order chi connectivity index (χ1) is 7.13. The second-order valence-corrected chi connectivity index (χ2v) is 4.03. The van der Waals surface area contributed by atoms with E-state index in [4.69, 9.17) is 10.8 Å². The Morgan fingerprint density at radius 3 is 2.53 bits per heavy atom. The molecule has 0 aliphatic carbocycles. The van der Waals surface area contributed by atoms with Crippen molar-refractivity contribution < 1.29 is 14.7 Å². The van der Waals surface area contributed by atoms with Gasteiger partial charge in [-0.1, -0.05) is 23.9 Å². The van der Waals surface area contributed by atoms with Crippen molar-refractivity contribution in [2.24, 2.45) is 5.73 Å². The van der Waals surface area contributed by atoms with E-state index in [0.717, 1.165) is 17.3 Å². The lowest BCUT2D eigenvalue weighted by Crippen LogP contribution is -2.27. The largest absolute Gasteiger partial charge is 0.508 e. The molecule has 0 saturated carbocycles. The zero-order valence-electron chi connectivity index (χ0n) is 7.92. The fourth-order valence-corrected chi connectivity index (χ4v) is 1.69. The zero-order chi connectivity index (χ0) is 11.3. The average molecular weight is 225 g/mol. The first-order valence-corrected chi connectivity index (χ1v) is 5.24. The molecule has 0 aliphatic rings. The molecular weight excluding hydrogens is 214 g/mol. The van der Waals surface area contributed by atoms with Crippen molar-refractivity contribution in [2.75, 3.05) is 0 Å². The predicted molar refractivity (Wildman–Crippen MR) is 59.1 cm³/mol. The molecule has 0 heterocycles. The monoisotopic (exact) mass is 225 g/mol. The molecule has 1 unspecified atom stereocenters. The Morgan fingerprint density at radius 1 is 1.47 bits per heavy atom. The maximum absolute atomic E-state index is 11.0. The molecule has 0 radical (unpaired) electrons. The quantitative estimate of drug-likeness (QED) is 0.723. The number of nitrogens with two attached hydrogens (primary N) is 1. The van der Waals surface area contributed by atoms with Crippen LogP contribution in [0.25, 0.3) is 0 Å². The molecule has 5 heteroatoms. The molecule has 0 aromatic heterocycles. The van der Waals surface area contributed by atoms with E-state index in [1.807, 2.05) is 0 Å². The molecule has 1 aromatic carbocycles. The first kappa shape index (κ1) is 11.6. The third kappa shape index (κ3) is 3.63. The summed E-state index contributed by atoms with van der Waals surface area (Å²) in [6.45, 7) is 0. The summed E-state index contributed by atoms with van der Waals surface area (Å²) in [7, 11) is 0. The molecule has 80 valence electrons. The number of hydrogen-bond donors (Lipinski definition) is 2. The zero-order valence-corrected chi connectivity index (χ0v) is 8.74. The molecular formula is C10H11NO3S. The Kier molecular flexibility index (Phi) is 4.17. The van der Waals surface area contributed by atoms with Gasteiger partial charge in [0.15, 0.2) is 5.62 Å². The molecule has 1 rings (SSSR count). The van der Waals surface area contributed by atoms with Gasteiger partial charge in [-0.25, -0.2) is 0 Å². The molecule has 4 nitrogen and oxygen atoms in total. The minimum absolute atomic E-state index is 0.164. The lowest BCUT2D eigenvalue weighted by atomic mass is 10.1. The van der Waals surface area contributed by atoms with Crippen LogP contribution in [0, 0.1) is 0 Å². The lowest BCUT2D eigenvalue weighted by Gasteiger charge is -2.09. The van der Waals surface area contributed by atoms with Crippen LogP contribution >= 0.6 is 11.8 Å². The summed E-state index contributed by atoms with van der Waals surface area (Å²) in [6.07, 6.45) is 0.388. The summed E-state index contributed by atoms with van der Waals surface area (Å²) in [5.74, 6) is -0.349. The van der Waals surface area contributed by atoms with Crippen molar-refractivity contribution >= 4 is 23.3 Å². The van der Waals surface area contributed by atoms with E-state index in [-0.39, 0.29) is 5.75 Å². The summed E-state index contributed by atoms with van der Waals surface area (Å²) < 4.78 is 0. The SMILES string of the molecule is NC(=O)C(Cc1ccc(O)cc1)SC=O. The van der Waals surface area contributed by atoms with Crippen LogP contribution in [0.15, 0.2) is 24.3 Å². The number of carbonyl (C=O) groups excluding carboxylic acids is 2. The standard InChI is InChI=1S/C10H11NO3S/c11-10(14)9(15-6-12)5-7-1-3-8(13)4-2-7/h1-4,6,9,13H,5H2,(H2,11,14). The van der Waals surface area contributed by atoms with Crippen LogP contribution in [0.1, 0.15) is 5.56 Å². The molecule has 0 aliphatic heterocycles. The molecule has 1 atom stereocenters. The number of rotatable bonds is 5. The third-order valence-electron chi connectivity index (χ3n) is 1.89. The Hall–Kier alpha value is -1.49. The van der Waals surface area contributed by atoms with Crippen molar-refractivity contribution in [3.63, 3.8) is 0 Å². The highest BCUT2D eigenvalue weighted by Gasteiger charge is 2.15. The van der Waals surface area contributed by atoms with Gasteiger partial charge in [0, 0.05) is 0 Å². The molecule has 0 spiro atoms. The molecule has 15 heavy (non-hydrogen) atoms. The van der Waals surface area contributed by atoms with E-state index in [1.165, 1.54) is 12.1 Å². The van der Waals surface area contributed by atoms with Gasteiger partial charge in [0.1, 0.15) is 5.75 Å². The van der Waals surface area contributed by atoms with Crippen LogP contribution in [-0.4, -0.2) is 21.9 Å². The average Bonchev–Trinajstić information content (AvgIpc) is 2.20. The van der Waals surface area contributed by atoms with Crippen molar-refractivity contribution in [1.29, 1.82) is 0 Å². The third-order valence-corrected chi connectivity index (χ3v) is 2.73. The van der Waals surface area contributed by atoms with E-state index < -0.39 is 11.2 Å². The Morgan fingerprint density at radius 2 is 2.07 bits per heavy atom. The number of primary amides is 1. The van der Waals surface area contributed by atoms with E-state index >= 15 is 0 Å². The minimum Gasteiger partial charge on any atom is -0.508 e. The summed E-state index contributed by atoms with van der Waals surface area (Å²) in [6, 6.07) is 6.44. The Bertz CT molecular complexity index is 350. The van der Waals surface area contributed by atoms with E-state index in [0.29, 0.717) is 12.0 Å². The number of hydrogen-bond acceptors (Lipinski definition) is 4. The molecule has 0 fully saturated rings. The number of carbonyl (C=O) groups is 2. The number of phenolic OH excluding ortho intramolecular Hbond substituents is 1. The normalized spacial score (nSPS) is 12.0. The summed E-state index contributed by atoms with van der Waals surface area (Å²) >= 11 is 0.866. The highest BCUT2D eigenvalue weighted by molar-refractivity contribution is 8.13. The van der Waals surface area contributed by atoms with Gasteiger partial charge in [0.05, 0.1) is 5.25 Å². The van der Waals surface area contributed by atoms with Gasteiger partial charge in [-0.2, -0.15) is 0 Å². The molecule has 3 N–H and O–H groups in total. The van der Waals surface area contributed by atoms with Crippen molar-refractivity contribution in [3.8, 4) is 5.75 Å². The molecule has 1 amide bonds. The minimum atomic E-state index is -0.549. The van der Waals surface area contributed by atoms with Crippen molar-refractivity contribution in [2.45, 2.75) is 11.7 Å². The van der Waals surface area contributed by atoms with Crippen LogP contribution in [-0.2, 0) is 16.0 Å². The predicted octanol–water partition coefficient (Wildman–Crippen LogP) is 0.712. The fourth-order valence-electron chi connectivity index (χ4n) is 1.13. The number of aromatic hydroxyl groups is 1. The van der Waals surface area contributed by atoms with Gasteiger partial charge in [-0.3, -0.25) is 9.59 Å². The summed E-state index contributed by atoms with van der Waals surface area (Å²) in [5.41, 5.74) is 6.59. The number of amides is 1.